The normalized spacial score (nSPS) is 16.4. The Balaban J connectivity index is 2.11. The molecule has 3 nitrogen and oxygen atoms in total. The Morgan fingerprint density at radius 1 is 1.00 bits per heavy atom. The molecule has 0 bridgehead atoms. The van der Waals surface area contributed by atoms with Crippen LogP contribution in [0, 0.1) is 6.57 Å². The Labute approximate surface area is 150 Å². The van der Waals surface area contributed by atoms with Crippen LogP contribution in [0.15, 0.2) is 54.9 Å². The molecule has 1 aliphatic heterocycles. The molecule has 2 aromatic rings. The van der Waals surface area contributed by atoms with E-state index in [-0.39, 0.29) is 6.17 Å². The lowest BCUT2D eigenvalue weighted by molar-refractivity contribution is 0.657. The number of anilines is 1. The summed E-state index contributed by atoms with van der Waals surface area (Å²) >= 11 is 0. The first kappa shape index (κ1) is 17.1. The van der Waals surface area contributed by atoms with Gasteiger partial charge in [-0.15, -0.1) is 0 Å². The van der Waals surface area contributed by atoms with Crippen molar-refractivity contribution >= 4 is 11.4 Å². The van der Waals surface area contributed by atoms with E-state index in [9.17, 15) is 0 Å². The second kappa shape index (κ2) is 7.03. The zero-order valence-corrected chi connectivity index (χ0v) is 15.3. The highest BCUT2D eigenvalue weighted by molar-refractivity contribution is 5.66. The number of benzene rings is 2. The minimum absolute atomic E-state index is 0.0131. The maximum Gasteiger partial charge on any atom is 0.187 e. The van der Waals surface area contributed by atoms with Gasteiger partial charge in [0.05, 0.1) is 6.57 Å². The maximum absolute atomic E-state index is 7.28. The largest absolute Gasteiger partial charge is 0.366 e. The Morgan fingerprint density at radius 3 is 2.24 bits per heavy atom. The summed E-state index contributed by atoms with van der Waals surface area (Å²) in [6.07, 6.45) is 4.12. The first-order valence-electron chi connectivity index (χ1n) is 8.84. The molecule has 0 aliphatic carbocycles. The zero-order valence-electron chi connectivity index (χ0n) is 15.3. The lowest BCUT2D eigenvalue weighted by atomic mass is 9.91. The summed E-state index contributed by atoms with van der Waals surface area (Å²) in [5, 5.41) is 3.45. The summed E-state index contributed by atoms with van der Waals surface area (Å²) in [5.41, 5.74) is 5.77. The van der Waals surface area contributed by atoms with E-state index in [2.05, 4.69) is 73.2 Å². The van der Waals surface area contributed by atoms with Crippen LogP contribution in [0.1, 0.15) is 62.4 Å². The minimum atomic E-state index is 0.0131. The van der Waals surface area contributed by atoms with Gasteiger partial charge in [-0.1, -0.05) is 64.1 Å². The molecule has 3 heteroatoms. The first-order valence-corrected chi connectivity index (χ1v) is 8.84. The van der Waals surface area contributed by atoms with Gasteiger partial charge in [-0.05, 0) is 34.6 Å². The Morgan fingerprint density at radius 2 is 1.64 bits per heavy atom. The molecule has 0 saturated carbocycles. The third-order valence-corrected chi connectivity index (χ3v) is 4.68. The van der Waals surface area contributed by atoms with E-state index in [1.54, 1.807) is 0 Å². The summed E-state index contributed by atoms with van der Waals surface area (Å²) < 4.78 is 0. The fourth-order valence-corrected chi connectivity index (χ4v) is 3.42. The number of nitrogens with one attached hydrogen (secondary N) is 1. The molecule has 0 saturated heterocycles. The van der Waals surface area contributed by atoms with Crippen molar-refractivity contribution in [3.05, 3.63) is 83.0 Å². The summed E-state index contributed by atoms with van der Waals surface area (Å²) in [6, 6.07) is 14.5. The van der Waals surface area contributed by atoms with Crippen LogP contribution >= 0.6 is 0 Å². The molecular formula is C22H25N3. The van der Waals surface area contributed by atoms with Gasteiger partial charge in [0.25, 0.3) is 0 Å². The van der Waals surface area contributed by atoms with Crippen LogP contribution in [0.5, 0.6) is 0 Å². The van der Waals surface area contributed by atoms with E-state index in [0.717, 1.165) is 5.56 Å². The number of para-hydroxylation sites is 1. The lowest BCUT2D eigenvalue weighted by Gasteiger charge is -2.32. The van der Waals surface area contributed by atoms with Gasteiger partial charge < -0.3 is 10.2 Å². The minimum Gasteiger partial charge on any atom is -0.366 e. The molecule has 1 unspecified atom stereocenters. The van der Waals surface area contributed by atoms with Gasteiger partial charge in [-0.3, -0.25) is 0 Å². The average molecular weight is 331 g/mol. The van der Waals surface area contributed by atoms with Crippen molar-refractivity contribution < 1.29 is 0 Å². The number of hydrogen-bond acceptors (Lipinski definition) is 2. The van der Waals surface area contributed by atoms with Crippen molar-refractivity contribution in [1.82, 2.24) is 5.32 Å². The van der Waals surface area contributed by atoms with Crippen molar-refractivity contribution in [2.24, 2.45) is 0 Å². The quantitative estimate of drug-likeness (QED) is 0.687. The Hall–Kier alpha value is -2.73. The zero-order chi connectivity index (χ0) is 18.0. The molecule has 25 heavy (non-hydrogen) atoms. The molecule has 0 amide bonds. The van der Waals surface area contributed by atoms with E-state index >= 15 is 0 Å². The van der Waals surface area contributed by atoms with Crippen LogP contribution in [0.2, 0.25) is 0 Å². The molecule has 3 rings (SSSR count). The Bertz CT molecular complexity index is 801. The van der Waals surface area contributed by atoms with E-state index in [1.807, 2.05) is 24.4 Å². The molecule has 128 valence electrons. The van der Waals surface area contributed by atoms with Gasteiger partial charge in [0.15, 0.2) is 5.69 Å². The van der Waals surface area contributed by atoms with E-state index < -0.39 is 0 Å². The van der Waals surface area contributed by atoms with Crippen molar-refractivity contribution in [2.45, 2.75) is 45.7 Å². The summed E-state index contributed by atoms with van der Waals surface area (Å²) in [4.78, 5) is 5.89. The van der Waals surface area contributed by atoms with Crippen molar-refractivity contribution in [2.75, 3.05) is 4.90 Å². The second-order valence-corrected chi connectivity index (χ2v) is 7.09. The second-order valence-electron chi connectivity index (χ2n) is 7.09. The van der Waals surface area contributed by atoms with E-state index in [4.69, 9.17) is 6.57 Å². The number of hydrogen-bond donors (Lipinski definition) is 1. The van der Waals surface area contributed by atoms with Gasteiger partial charge in [0.2, 0.25) is 0 Å². The Kier molecular flexibility index (Phi) is 4.81. The highest BCUT2D eigenvalue weighted by Gasteiger charge is 2.27. The number of rotatable bonds is 4. The summed E-state index contributed by atoms with van der Waals surface area (Å²) in [6.45, 7) is 16.2. The third kappa shape index (κ3) is 3.25. The summed E-state index contributed by atoms with van der Waals surface area (Å²) in [7, 11) is 0. The molecule has 1 N–H and O–H groups in total. The van der Waals surface area contributed by atoms with E-state index in [1.165, 1.54) is 16.8 Å². The van der Waals surface area contributed by atoms with Gasteiger partial charge in [-0.2, -0.15) is 0 Å². The van der Waals surface area contributed by atoms with Gasteiger partial charge in [-0.25, -0.2) is 4.85 Å². The van der Waals surface area contributed by atoms with Gasteiger partial charge in [0.1, 0.15) is 6.17 Å². The van der Waals surface area contributed by atoms with Crippen LogP contribution < -0.4 is 10.2 Å². The van der Waals surface area contributed by atoms with Crippen LogP contribution in [0.4, 0.5) is 11.4 Å². The first-order chi connectivity index (χ1) is 12.0. The molecular weight excluding hydrogens is 306 g/mol. The maximum atomic E-state index is 7.28. The molecule has 0 radical (unpaired) electrons. The fourth-order valence-electron chi connectivity index (χ4n) is 3.42. The van der Waals surface area contributed by atoms with Crippen molar-refractivity contribution in [3.8, 4) is 0 Å². The highest BCUT2D eigenvalue weighted by Crippen LogP contribution is 2.40. The standard InChI is InChI=1S/C22H25N3/c1-15(2)19-10-7-11-20(16(3)4)21(19)25-13-12-24-22(25)17-8-6-9-18(14-17)23-5/h6-16,22,24H,1-4H3. The SMILES string of the molecule is [C-]#[N+]c1cccc(C2NC=CN2c2c(C(C)C)cccc2C(C)C)c1. The smallest absolute Gasteiger partial charge is 0.187 e. The molecule has 0 fully saturated rings. The predicted molar refractivity (Wildman–Crippen MR) is 105 cm³/mol. The molecule has 1 aliphatic rings. The van der Waals surface area contributed by atoms with E-state index in [0.29, 0.717) is 17.5 Å². The van der Waals surface area contributed by atoms with Crippen molar-refractivity contribution in [1.29, 1.82) is 0 Å². The molecule has 2 aromatic carbocycles. The predicted octanol–water partition coefficient (Wildman–Crippen LogP) is 6.06. The molecule has 0 spiro atoms. The molecule has 1 heterocycles. The van der Waals surface area contributed by atoms with Gasteiger partial charge in [0, 0.05) is 18.1 Å². The fraction of sp³-hybridized carbons (Fsp3) is 0.318. The highest BCUT2D eigenvalue weighted by atomic mass is 15.3. The number of nitrogens with zero attached hydrogens (tertiary/aromatic N) is 2. The summed E-state index contributed by atoms with van der Waals surface area (Å²) in [5.74, 6) is 0.885. The van der Waals surface area contributed by atoms with Crippen LogP contribution in [-0.4, -0.2) is 0 Å². The third-order valence-electron chi connectivity index (χ3n) is 4.68. The lowest BCUT2D eigenvalue weighted by Crippen LogP contribution is -2.28. The van der Waals surface area contributed by atoms with Crippen molar-refractivity contribution in [3.63, 3.8) is 0 Å². The van der Waals surface area contributed by atoms with Gasteiger partial charge >= 0.3 is 0 Å². The van der Waals surface area contributed by atoms with Crippen LogP contribution in [-0.2, 0) is 0 Å². The topological polar surface area (TPSA) is 19.6 Å². The molecule has 1 atom stereocenters. The van der Waals surface area contributed by atoms with Crippen LogP contribution in [0.3, 0.4) is 0 Å². The molecule has 0 aromatic heterocycles. The monoisotopic (exact) mass is 331 g/mol. The average Bonchev–Trinajstić information content (AvgIpc) is 3.10. The van der Waals surface area contributed by atoms with Crippen LogP contribution in [0.25, 0.3) is 4.85 Å².